The van der Waals surface area contributed by atoms with E-state index < -0.39 is 0 Å². The molecule has 5 heteroatoms. The molecule has 4 nitrogen and oxygen atoms in total. The molecule has 0 spiro atoms. The van der Waals surface area contributed by atoms with Crippen molar-refractivity contribution in [2.45, 2.75) is 6.42 Å². The number of benzene rings is 1. The molecule has 0 saturated carbocycles. The number of hydrogen-bond donors (Lipinski definition) is 2. The van der Waals surface area contributed by atoms with E-state index in [2.05, 4.69) is 10.4 Å². The minimum absolute atomic E-state index is 0.108. The SMILES string of the molecule is CNCCc1c(-c2ccccc2F)[nH]n(C)c1=O. The first-order valence-electron chi connectivity index (χ1n) is 5.82. The first kappa shape index (κ1) is 12.6. The van der Waals surface area contributed by atoms with Gasteiger partial charge in [-0.15, -0.1) is 0 Å². The molecule has 1 heterocycles. The van der Waals surface area contributed by atoms with Crippen molar-refractivity contribution >= 4 is 0 Å². The maximum Gasteiger partial charge on any atom is 0.270 e. The highest BCUT2D eigenvalue weighted by molar-refractivity contribution is 5.63. The molecule has 1 aromatic carbocycles. The zero-order valence-electron chi connectivity index (χ0n) is 10.5. The van der Waals surface area contributed by atoms with E-state index in [0.29, 0.717) is 29.8 Å². The van der Waals surface area contributed by atoms with E-state index in [4.69, 9.17) is 0 Å². The second kappa shape index (κ2) is 5.18. The molecule has 1 aromatic heterocycles. The molecule has 0 unspecified atom stereocenters. The third-order valence-electron chi connectivity index (χ3n) is 2.91. The predicted octanol–water partition coefficient (Wildman–Crippen LogP) is 1.28. The van der Waals surface area contributed by atoms with Gasteiger partial charge in [0.05, 0.1) is 5.69 Å². The molecule has 2 N–H and O–H groups in total. The van der Waals surface area contributed by atoms with Gasteiger partial charge in [0.15, 0.2) is 0 Å². The van der Waals surface area contributed by atoms with E-state index in [1.165, 1.54) is 10.7 Å². The fraction of sp³-hybridized carbons (Fsp3) is 0.308. The Balaban J connectivity index is 2.54. The van der Waals surface area contributed by atoms with Crippen molar-refractivity contribution in [2.75, 3.05) is 13.6 Å². The molecule has 0 amide bonds. The number of rotatable bonds is 4. The highest BCUT2D eigenvalue weighted by Crippen LogP contribution is 2.22. The lowest BCUT2D eigenvalue weighted by Crippen LogP contribution is -2.19. The molecule has 0 radical (unpaired) electrons. The Kier molecular flexibility index (Phi) is 3.62. The molecular weight excluding hydrogens is 233 g/mol. The van der Waals surface area contributed by atoms with Crippen LogP contribution in [-0.4, -0.2) is 23.4 Å². The predicted molar refractivity (Wildman–Crippen MR) is 69.1 cm³/mol. The molecule has 0 aliphatic carbocycles. The highest BCUT2D eigenvalue weighted by atomic mass is 19.1. The quantitative estimate of drug-likeness (QED) is 0.857. The maximum absolute atomic E-state index is 13.8. The molecule has 0 aliphatic heterocycles. The Labute approximate surface area is 104 Å². The molecule has 2 rings (SSSR count). The topological polar surface area (TPSA) is 49.8 Å². The fourth-order valence-corrected chi connectivity index (χ4v) is 1.96. The normalized spacial score (nSPS) is 10.8. The zero-order valence-corrected chi connectivity index (χ0v) is 10.5. The van der Waals surface area contributed by atoms with Gasteiger partial charge in [0.25, 0.3) is 5.56 Å². The molecule has 2 aromatic rings. The van der Waals surface area contributed by atoms with E-state index in [1.54, 1.807) is 25.2 Å². The standard InChI is InChI=1S/C13H16FN3O/c1-15-8-7-10-12(16-17(2)13(10)18)9-5-3-4-6-11(9)14/h3-6,15-16H,7-8H2,1-2H3. The van der Waals surface area contributed by atoms with Crippen molar-refractivity contribution in [1.82, 2.24) is 15.1 Å². The summed E-state index contributed by atoms with van der Waals surface area (Å²) in [5.41, 5.74) is 1.50. The summed E-state index contributed by atoms with van der Waals surface area (Å²) in [4.78, 5) is 12.0. The lowest BCUT2D eigenvalue weighted by Gasteiger charge is -2.03. The first-order valence-corrected chi connectivity index (χ1v) is 5.82. The number of nitrogens with zero attached hydrogens (tertiary/aromatic N) is 1. The summed E-state index contributed by atoms with van der Waals surface area (Å²) in [5, 5.41) is 5.91. The smallest absolute Gasteiger partial charge is 0.270 e. The van der Waals surface area contributed by atoms with Gasteiger partial charge in [0, 0.05) is 18.2 Å². The van der Waals surface area contributed by atoms with Crippen LogP contribution in [0.25, 0.3) is 11.3 Å². The Morgan fingerprint density at radius 2 is 2.11 bits per heavy atom. The highest BCUT2D eigenvalue weighted by Gasteiger charge is 2.16. The van der Waals surface area contributed by atoms with Gasteiger partial charge in [0.1, 0.15) is 5.82 Å². The van der Waals surface area contributed by atoms with Crippen LogP contribution in [0, 0.1) is 5.82 Å². The third-order valence-corrected chi connectivity index (χ3v) is 2.91. The van der Waals surface area contributed by atoms with Crippen molar-refractivity contribution in [3.63, 3.8) is 0 Å². The van der Waals surface area contributed by atoms with Crippen molar-refractivity contribution in [3.05, 3.63) is 46.0 Å². The molecule has 96 valence electrons. The Morgan fingerprint density at radius 3 is 2.78 bits per heavy atom. The van der Waals surface area contributed by atoms with Crippen LogP contribution in [0.4, 0.5) is 4.39 Å². The average molecular weight is 249 g/mol. The van der Waals surface area contributed by atoms with Crippen LogP contribution in [0.5, 0.6) is 0 Å². The summed E-state index contributed by atoms with van der Waals surface area (Å²) in [5.74, 6) is -0.329. The van der Waals surface area contributed by atoms with Crippen molar-refractivity contribution in [1.29, 1.82) is 0 Å². The van der Waals surface area contributed by atoms with Gasteiger partial charge in [-0.25, -0.2) is 4.39 Å². The number of halogens is 1. The largest absolute Gasteiger partial charge is 0.319 e. The number of aromatic nitrogens is 2. The minimum atomic E-state index is -0.329. The van der Waals surface area contributed by atoms with E-state index in [9.17, 15) is 9.18 Å². The fourth-order valence-electron chi connectivity index (χ4n) is 1.96. The maximum atomic E-state index is 13.8. The summed E-state index contributed by atoms with van der Waals surface area (Å²) in [7, 11) is 3.45. The van der Waals surface area contributed by atoms with Crippen molar-refractivity contribution in [3.8, 4) is 11.3 Å². The zero-order chi connectivity index (χ0) is 13.1. The Morgan fingerprint density at radius 1 is 1.39 bits per heavy atom. The molecular formula is C13H16FN3O. The van der Waals surface area contributed by atoms with E-state index >= 15 is 0 Å². The second-order valence-electron chi connectivity index (χ2n) is 4.16. The number of hydrogen-bond acceptors (Lipinski definition) is 2. The minimum Gasteiger partial charge on any atom is -0.319 e. The monoisotopic (exact) mass is 249 g/mol. The van der Waals surface area contributed by atoms with Gasteiger partial charge < -0.3 is 5.32 Å². The van der Waals surface area contributed by atoms with Gasteiger partial charge in [-0.3, -0.25) is 14.6 Å². The van der Waals surface area contributed by atoms with Crippen LogP contribution in [0.2, 0.25) is 0 Å². The number of nitrogens with one attached hydrogen (secondary N) is 2. The average Bonchev–Trinajstić information content (AvgIpc) is 2.64. The van der Waals surface area contributed by atoms with Crippen LogP contribution < -0.4 is 10.9 Å². The Hall–Kier alpha value is -1.88. The molecule has 0 atom stereocenters. The van der Waals surface area contributed by atoms with Crippen LogP contribution in [0.15, 0.2) is 29.1 Å². The molecule has 18 heavy (non-hydrogen) atoms. The van der Waals surface area contributed by atoms with E-state index in [1.807, 2.05) is 7.05 Å². The van der Waals surface area contributed by atoms with Gasteiger partial charge >= 0.3 is 0 Å². The van der Waals surface area contributed by atoms with Gasteiger partial charge in [-0.2, -0.15) is 0 Å². The van der Waals surface area contributed by atoms with Gasteiger partial charge in [0.2, 0.25) is 0 Å². The number of aryl methyl sites for hydroxylation is 1. The summed E-state index contributed by atoms with van der Waals surface area (Å²) in [6.07, 6.45) is 0.566. The number of aromatic amines is 1. The van der Waals surface area contributed by atoms with Crippen LogP contribution in [0.1, 0.15) is 5.56 Å². The van der Waals surface area contributed by atoms with Crippen LogP contribution in [-0.2, 0) is 13.5 Å². The van der Waals surface area contributed by atoms with E-state index in [-0.39, 0.29) is 11.4 Å². The lowest BCUT2D eigenvalue weighted by atomic mass is 10.1. The lowest BCUT2D eigenvalue weighted by molar-refractivity contribution is 0.629. The van der Waals surface area contributed by atoms with E-state index in [0.717, 1.165) is 0 Å². The summed E-state index contributed by atoms with van der Waals surface area (Å²) >= 11 is 0. The van der Waals surface area contributed by atoms with Gasteiger partial charge in [-0.1, -0.05) is 12.1 Å². The summed E-state index contributed by atoms with van der Waals surface area (Å²) in [6.45, 7) is 0.675. The molecule has 0 fully saturated rings. The molecule has 0 bridgehead atoms. The van der Waals surface area contributed by atoms with Crippen molar-refractivity contribution in [2.24, 2.45) is 7.05 Å². The van der Waals surface area contributed by atoms with Crippen LogP contribution >= 0.6 is 0 Å². The second-order valence-corrected chi connectivity index (χ2v) is 4.16. The number of likely N-dealkylation sites (N-methyl/N-ethyl adjacent to an activating group) is 1. The Bertz CT molecular complexity index is 601. The number of H-pyrrole nitrogens is 1. The van der Waals surface area contributed by atoms with Crippen LogP contribution in [0.3, 0.4) is 0 Å². The summed E-state index contributed by atoms with van der Waals surface area (Å²) in [6, 6.07) is 6.45. The third kappa shape index (κ3) is 2.22. The first-order chi connectivity index (χ1) is 8.65. The molecule has 0 saturated heterocycles. The van der Waals surface area contributed by atoms with Crippen molar-refractivity contribution < 1.29 is 4.39 Å². The summed E-state index contributed by atoms with van der Waals surface area (Å²) < 4.78 is 15.2. The van der Waals surface area contributed by atoms with Gasteiger partial charge in [-0.05, 0) is 32.1 Å². The molecule has 0 aliphatic rings.